The van der Waals surface area contributed by atoms with Crippen LogP contribution < -0.4 is 5.32 Å². The summed E-state index contributed by atoms with van der Waals surface area (Å²) < 4.78 is 13.1. The van der Waals surface area contributed by atoms with E-state index in [0.29, 0.717) is 16.9 Å². The van der Waals surface area contributed by atoms with Gasteiger partial charge in [0.25, 0.3) is 5.91 Å². The van der Waals surface area contributed by atoms with Crippen molar-refractivity contribution in [1.82, 2.24) is 4.98 Å². The summed E-state index contributed by atoms with van der Waals surface area (Å²) in [5.41, 5.74) is 3.18. The number of hydrogen-bond donors (Lipinski definition) is 1. The number of benzene rings is 2. The number of nitrogens with zero attached hydrogens (tertiary/aromatic N) is 1. The Morgan fingerprint density at radius 3 is 2.50 bits per heavy atom. The molecule has 3 rings (SSSR count). The highest BCUT2D eigenvalue weighted by molar-refractivity contribution is 6.33. The van der Waals surface area contributed by atoms with Crippen molar-refractivity contribution in [3.8, 4) is 11.3 Å². The standard InChI is InChI=1S/C19H14ClFN2O/c1-12-15(8-10-17(22-12)13-5-3-2-4-6-13)19(24)23-18-9-7-14(21)11-16(18)20/h2-11H,1H3,(H,23,24). The van der Waals surface area contributed by atoms with Crippen molar-refractivity contribution in [3.05, 3.63) is 82.8 Å². The number of nitrogens with one attached hydrogen (secondary N) is 1. The van der Waals surface area contributed by atoms with Crippen LogP contribution in [0.2, 0.25) is 5.02 Å². The molecule has 0 aliphatic carbocycles. The predicted molar refractivity (Wildman–Crippen MR) is 93.8 cm³/mol. The summed E-state index contributed by atoms with van der Waals surface area (Å²) in [4.78, 5) is 16.9. The Balaban J connectivity index is 1.85. The Bertz CT molecular complexity index is 897. The van der Waals surface area contributed by atoms with Gasteiger partial charge in [-0.2, -0.15) is 0 Å². The maximum atomic E-state index is 13.1. The summed E-state index contributed by atoms with van der Waals surface area (Å²) in [6.45, 7) is 1.77. The fourth-order valence-corrected chi connectivity index (χ4v) is 2.57. The van der Waals surface area contributed by atoms with Gasteiger partial charge in [-0.1, -0.05) is 41.9 Å². The molecular weight excluding hydrogens is 327 g/mol. The molecule has 0 saturated heterocycles. The normalized spacial score (nSPS) is 10.5. The van der Waals surface area contributed by atoms with Crippen LogP contribution >= 0.6 is 11.6 Å². The number of carbonyl (C=O) groups is 1. The lowest BCUT2D eigenvalue weighted by Gasteiger charge is -2.10. The average Bonchev–Trinajstić information content (AvgIpc) is 2.58. The highest BCUT2D eigenvalue weighted by Gasteiger charge is 2.13. The number of pyridine rings is 1. The van der Waals surface area contributed by atoms with Crippen molar-refractivity contribution in [2.75, 3.05) is 5.32 Å². The maximum absolute atomic E-state index is 13.1. The second-order valence-electron chi connectivity index (χ2n) is 5.27. The lowest BCUT2D eigenvalue weighted by atomic mass is 10.1. The van der Waals surface area contributed by atoms with Crippen molar-refractivity contribution in [3.63, 3.8) is 0 Å². The molecule has 5 heteroatoms. The molecule has 0 aliphatic heterocycles. The molecule has 0 fully saturated rings. The maximum Gasteiger partial charge on any atom is 0.257 e. The van der Waals surface area contributed by atoms with Gasteiger partial charge < -0.3 is 5.32 Å². The first kappa shape index (κ1) is 16.1. The van der Waals surface area contributed by atoms with Gasteiger partial charge in [-0.15, -0.1) is 0 Å². The smallest absolute Gasteiger partial charge is 0.257 e. The third-order valence-corrected chi connectivity index (χ3v) is 3.89. The molecule has 0 spiro atoms. The van der Waals surface area contributed by atoms with Crippen LogP contribution in [0.1, 0.15) is 16.1 Å². The molecule has 1 aromatic heterocycles. The minimum absolute atomic E-state index is 0.148. The van der Waals surface area contributed by atoms with Gasteiger partial charge >= 0.3 is 0 Å². The Morgan fingerprint density at radius 2 is 1.83 bits per heavy atom. The molecule has 0 saturated carbocycles. The number of halogens is 2. The van der Waals surface area contributed by atoms with Crippen LogP contribution in [0.5, 0.6) is 0 Å². The van der Waals surface area contributed by atoms with Crippen molar-refractivity contribution in [2.45, 2.75) is 6.92 Å². The van der Waals surface area contributed by atoms with Crippen LogP contribution in [0, 0.1) is 12.7 Å². The Kier molecular flexibility index (Phi) is 4.58. The highest BCUT2D eigenvalue weighted by atomic mass is 35.5. The van der Waals surface area contributed by atoms with Crippen molar-refractivity contribution in [1.29, 1.82) is 0 Å². The van der Waals surface area contributed by atoms with Crippen LogP contribution in [0.4, 0.5) is 10.1 Å². The van der Waals surface area contributed by atoms with E-state index in [1.807, 2.05) is 30.3 Å². The van der Waals surface area contributed by atoms with Crippen molar-refractivity contribution < 1.29 is 9.18 Å². The number of aryl methyl sites for hydroxylation is 1. The second-order valence-corrected chi connectivity index (χ2v) is 5.68. The number of rotatable bonds is 3. The van der Waals surface area contributed by atoms with E-state index >= 15 is 0 Å². The zero-order valence-corrected chi connectivity index (χ0v) is 13.6. The topological polar surface area (TPSA) is 42.0 Å². The number of hydrogen-bond acceptors (Lipinski definition) is 2. The number of anilines is 1. The molecule has 0 radical (unpaired) electrons. The van der Waals surface area contributed by atoms with Gasteiger partial charge in [0.2, 0.25) is 0 Å². The summed E-state index contributed by atoms with van der Waals surface area (Å²) >= 11 is 5.94. The molecule has 0 aliphatic rings. The first-order chi connectivity index (χ1) is 11.5. The van der Waals surface area contributed by atoms with E-state index < -0.39 is 5.82 Å². The highest BCUT2D eigenvalue weighted by Crippen LogP contribution is 2.24. The van der Waals surface area contributed by atoms with Crippen LogP contribution in [-0.2, 0) is 0 Å². The van der Waals surface area contributed by atoms with E-state index in [0.717, 1.165) is 17.3 Å². The van der Waals surface area contributed by atoms with Gasteiger partial charge in [0, 0.05) is 5.56 Å². The summed E-state index contributed by atoms with van der Waals surface area (Å²) in [7, 11) is 0. The molecule has 3 nitrogen and oxygen atoms in total. The molecule has 1 N–H and O–H groups in total. The zero-order valence-electron chi connectivity index (χ0n) is 12.9. The second kappa shape index (κ2) is 6.81. The summed E-state index contributed by atoms with van der Waals surface area (Å²) in [5, 5.41) is 2.82. The molecule has 120 valence electrons. The van der Waals surface area contributed by atoms with Crippen LogP contribution in [0.15, 0.2) is 60.7 Å². The summed E-state index contributed by atoms with van der Waals surface area (Å²) in [6.07, 6.45) is 0. The molecule has 3 aromatic rings. The molecule has 24 heavy (non-hydrogen) atoms. The number of aromatic nitrogens is 1. The first-order valence-corrected chi connectivity index (χ1v) is 7.72. The molecule has 2 aromatic carbocycles. The fraction of sp³-hybridized carbons (Fsp3) is 0.0526. The van der Waals surface area contributed by atoms with Gasteiger partial charge in [-0.25, -0.2) is 4.39 Å². The van der Waals surface area contributed by atoms with Crippen LogP contribution in [0.3, 0.4) is 0 Å². The monoisotopic (exact) mass is 340 g/mol. The largest absolute Gasteiger partial charge is 0.321 e. The van der Waals surface area contributed by atoms with E-state index in [-0.39, 0.29) is 10.9 Å². The third kappa shape index (κ3) is 3.44. The Labute approximate surface area is 144 Å². The van der Waals surface area contributed by atoms with Gasteiger partial charge in [-0.3, -0.25) is 9.78 Å². The van der Waals surface area contributed by atoms with Gasteiger partial charge in [-0.05, 0) is 37.3 Å². The molecule has 0 unspecified atom stereocenters. The fourth-order valence-electron chi connectivity index (χ4n) is 2.35. The Hall–Kier alpha value is -2.72. The van der Waals surface area contributed by atoms with Gasteiger partial charge in [0.15, 0.2) is 0 Å². The van der Waals surface area contributed by atoms with E-state index in [1.54, 1.807) is 19.1 Å². The Morgan fingerprint density at radius 1 is 1.08 bits per heavy atom. The van der Waals surface area contributed by atoms with E-state index in [9.17, 15) is 9.18 Å². The molecular formula is C19H14ClFN2O. The first-order valence-electron chi connectivity index (χ1n) is 7.34. The minimum atomic E-state index is -0.455. The van der Waals surface area contributed by atoms with E-state index in [4.69, 9.17) is 11.6 Å². The third-order valence-electron chi connectivity index (χ3n) is 3.58. The van der Waals surface area contributed by atoms with Crippen molar-refractivity contribution >= 4 is 23.2 Å². The lowest BCUT2D eigenvalue weighted by molar-refractivity contribution is 0.102. The average molecular weight is 341 g/mol. The van der Waals surface area contributed by atoms with Gasteiger partial charge in [0.05, 0.1) is 27.7 Å². The molecule has 1 heterocycles. The lowest BCUT2D eigenvalue weighted by Crippen LogP contribution is -2.14. The zero-order chi connectivity index (χ0) is 17.1. The van der Waals surface area contributed by atoms with Crippen LogP contribution in [-0.4, -0.2) is 10.9 Å². The van der Waals surface area contributed by atoms with E-state index in [1.165, 1.54) is 12.1 Å². The molecule has 1 amide bonds. The quantitative estimate of drug-likeness (QED) is 0.720. The number of amides is 1. The minimum Gasteiger partial charge on any atom is -0.321 e. The van der Waals surface area contributed by atoms with E-state index in [2.05, 4.69) is 10.3 Å². The molecule has 0 bridgehead atoms. The summed E-state index contributed by atoms with van der Waals surface area (Å²) in [5.74, 6) is -0.795. The van der Waals surface area contributed by atoms with Gasteiger partial charge in [0.1, 0.15) is 5.82 Å². The van der Waals surface area contributed by atoms with Crippen LogP contribution in [0.25, 0.3) is 11.3 Å². The SMILES string of the molecule is Cc1nc(-c2ccccc2)ccc1C(=O)Nc1ccc(F)cc1Cl. The van der Waals surface area contributed by atoms with Crippen molar-refractivity contribution in [2.24, 2.45) is 0 Å². The molecule has 0 atom stereocenters. The number of carbonyl (C=O) groups excluding carboxylic acids is 1. The predicted octanol–water partition coefficient (Wildman–Crippen LogP) is 5.10. The summed E-state index contributed by atoms with van der Waals surface area (Å²) in [6, 6.07) is 17.1.